The van der Waals surface area contributed by atoms with E-state index in [1.54, 1.807) is 14.2 Å². The Bertz CT molecular complexity index is 1940. The summed E-state index contributed by atoms with van der Waals surface area (Å²) in [6.07, 6.45) is 21.0. The van der Waals surface area contributed by atoms with Crippen molar-refractivity contribution in [1.82, 2.24) is 9.13 Å². The molecule has 0 aliphatic rings. The van der Waals surface area contributed by atoms with E-state index in [0.29, 0.717) is 0 Å². The van der Waals surface area contributed by atoms with Crippen LogP contribution in [0.3, 0.4) is 0 Å². The number of unbranched alkanes of at least 4 members (excludes halogenated alkanes) is 14. The predicted octanol–water partition coefficient (Wildman–Crippen LogP) is 15.4. The molecular formula is C46H58Br2N2O2. The number of halogens is 2. The fourth-order valence-corrected chi connectivity index (χ4v) is 8.96. The number of nitrogens with zero attached hydrogens (tertiary/aromatic N) is 2. The Balaban J connectivity index is 1.36. The summed E-state index contributed by atoms with van der Waals surface area (Å²) in [5, 5.41) is 5.01. The summed E-state index contributed by atoms with van der Waals surface area (Å²) in [5.41, 5.74) is 7.11. The van der Waals surface area contributed by atoms with Crippen molar-refractivity contribution in [2.24, 2.45) is 0 Å². The SMILES string of the molecule is CCCCCCCCCCn1c2ccc(Br)cc2c2cc(-c3cc4c5cc(Br)ccc5n(CCCCCCCCCC)c4cc3OC)c(OC)cc21. The summed E-state index contributed by atoms with van der Waals surface area (Å²) in [6, 6.07) is 22.6. The van der Waals surface area contributed by atoms with Gasteiger partial charge < -0.3 is 18.6 Å². The van der Waals surface area contributed by atoms with Crippen molar-refractivity contribution < 1.29 is 9.47 Å². The van der Waals surface area contributed by atoms with Crippen LogP contribution in [0.4, 0.5) is 0 Å². The van der Waals surface area contributed by atoms with E-state index in [9.17, 15) is 0 Å². The number of hydrogen-bond donors (Lipinski definition) is 0. The topological polar surface area (TPSA) is 28.3 Å². The Kier molecular flexibility index (Phi) is 14.1. The molecule has 6 rings (SSSR count). The quantitative estimate of drug-likeness (QED) is 0.0676. The lowest BCUT2D eigenvalue weighted by atomic mass is 9.98. The zero-order chi connectivity index (χ0) is 36.5. The van der Waals surface area contributed by atoms with Gasteiger partial charge in [-0.3, -0.25) is 0 Å². The Morgan fingerprint density at radius 1 is 0.423 bits per heavy atom. The van der Waals surface area contributed by atoms with Gasteiger partial charge in [-0.1, -0.05) is 136 Å². The zero-order valence-electron chi connectivity index (χ0n) is 32.0. The van der Waals surface area contributed by atoms with Crippen LogP contribution < -0.4 is 9.47 Å². The highest BCUT2D eigenvalue weighted by Gasteiger charge is 2.21. The monoisotopic (exact) mass is 828 g/mol. The normalized spacial score (nSPS) is 11.9. The molecule has 0 fully saturated rings. The lowest BCUT2D eigenvalue weighted by Gasteiger charge is -2.15. The van der Waals surface area contributed by atoms with Crippen LogP contribution in [0.2, 0.25) is 0 Å². The molecule has 0 unspecified atom stereocenters. The largest absolute Gasteiger partial charge is 0.496 e. The van der Waals surface area contributed by atoms with Crippen molar-refractivity contribution in [3.05, 3.63) is 69.6 Å². The first kappa shape index (κ1) is 38.8. The first-order valence-electron chi connectivity index (χ1n) is 20.1. The van der Waals surface area contributed by atoms with Crippen LogP contribution in [-0.4, -0.2) is 23.4 Å². The van der Waals surface area contributed by atoms with Gasteiger partial charge in [0, 0.05) is 77.9 Å². The Morgan fingerprint density at radius 3 is 1.13 bits per heavy atom. The second kappa shape index (κ2) is 18.9. The molecule has 4 aromatic carbocycles. The standard InChI is InChI=1S/C46H58Br2N2O2/c1-5-7-9-11-13-15-17-19-25-49-41-23-21-33(47)27-35(41)37-29-39(45(51-3)31-43(37)49)40-30-38-36-28-34(48)22-24-42(36)50(44(38)32-46(40)52-4)26-20-18-16-14-12-10-8-6-2/h21-24,27-32H,5-20,25-26H2,1-4H3. The van der Waals surface area contributed by atoms with E-state index in [-0.39, 0.29) is 0 Å². The zero-order valence-corrected chi connectivity index (χ0v) is 35.1. The third-order valence-corrected chi connectivity index (χ3v) is 12.0. The fourth-order valence-electron chi connectivity index (χ4n) is 8.24. The van der Waals surface area contributed by atoms with Crippen molar-refractivity contribution in [1.29, 1.82) is 0 Å². The first-order chi connectivity index (χ1) is 25.5. The molecule has 52 heavy (non-hydrogen) atoms. The van der Waals surface area contributed by atoms with Crippen LogP contribution in [0.5, 0.6) is 11.5 Å². The molecule has 0 radical (unpaired) electrons. The van der Waals surface area contributed by atoms with E-state index in [1.807, 2.05) is 0 Å². The van der Waals surface area contributed by atoms with Gasteiger partial charge in [0.15, 0.2) is 0 Å². The van der Waals surface area contributed by atoms with E-state index in [0.717, 1.165) is 44.7 Å². The Hall–Kier alpha value is -2.96. The highest BCUT2D eigenvalue weighted by atomic mass is 79.9. The van der Waals surface area contributed by atoms with Crippen molar-refractivity contribution in [3.8, 4) is 22.6 Å². The molecule has 6 aromatic rings. The van der Waals surface area contributed by atoms with Gasteiger partial charge in [0.1, 0.15) is 11.5 Å². The summed E-state index contributed by atoms with van der Waals surface area (Å²) in [5.74, 6) is 1.74. The van der Waals surface area contributed by atoms with E-state index < -0.39 is 0 Å². The van der Waals surface area contributed by atoms with Gasteiger partial charge >= 0.3 is 0 Å². The minimum Gasteiger partial charge on any atom is -0.496 e. The third-order valence-electron chi connectivity index (χ3n) is 11.1. The number of hydrogen-bond acceptors (Lipinski definition) is 2. The summed E-state index contributed by atoms with van der Waals surface area (Å²) in [7, 11) is 3.59. The summed E-state index contributed by atoms with van der Waals surface area (Å²) >= 11 is 7.56. The number of benzene rings is 4. The number of rotatable bonds is 21. The molecule has 0 amide bonds. The van der Waals surface area contributed by atoms with Crippen molar-refractivity contribution in [3.63, 3.8) is 0 Å². The molecular weight excluding hydrogens is 772 g/mol. The fraction of sp³-hybridized carbons (Fsp3) is 0.478. The molecule has 0 aliphatic carbocycles. The molecule has 6 heteroatoms. The number of methoxy groups -OCH3 is 2. The summed E-state index contributed by atoms with van der Waals surface area (Å²) in [6.45, 7) is 6.58. The van der Waals surface area contributed by atoms with E-state index >= 15 is 0 Å². The van der Waals surface area contributed by atoms with Crippen molar-refractivity contribution in [2.75, 3.05) is 14.2 Å². The van der Waals surface area contributed by atoms with Gasteiger partial charge in [0.2, 0.25) is 0 Å². The Morgan fingerprint density at radius 2 is 0.769 bits per heavy atom. The first-order valence-corrected chi connectivity index (χ1v) is 21.7. The number of aromatic nitrogens is 2. The van der Waals surface area contributed by atoms with Crippen LogP contribution >= 0.6 is 31.9 Å². The van der Waals surface area contributed by atoms with Crippen molar-refractivity contribution in [2.45, 2.75) is 130 Å². The molecule has 0 aliphatic heterocycles. The van der Waals surface area contributed by atoms with Crippen LogP contribution in [-0.2, 0) is 13.1 Å². The second-order valence-electron chi connectivity index (χ2n) is 14.7. The van der Waals surface area contributed by atoms with E-state index in [1.165, 1.54) is 146 Å². The molecule has 0 atom stereocenters. The van der Waals surface area contributed by atoms with Gasteiger partial charge in [-0.15, -0.1) is 0 Å². The van der Waals surface area contributed by atoms with E-state index in [4.69, 9.17) is 9.47 Å². The average molecular weight is 831 g/mol. The number of aryl methyl sites for hydroxylation is 2. The molecule has 2 heterocycles. The van der Waals surface area contributed by atoms with Crippen LogP contribution in [0.25, 0.3) is 54.7 Å². The van der Waals surface area contributed by atoms with Crippen LogP contribution in [0.1, 0.15) is 117 Å². The highest BCUT2D eigenvalue weighted by molar-refractivity contribution is 9.10. The molecule has 0 bridgehead atoms. The molecule has 0 saturated heterocycles. The van der Waals surface area contributed by atoms with Gasteiger partial charge in [0.25, 0.3) is 0 Å². The smallest absolute Gasteiger partial charge is 0.128 e. The number of ether oxygens (including phenoxy) is 2. The summed E-state index contributed by atoms with van der Waals surface area (Å²) in [4.78, 5) is 0. The van der Waals surface area contributed by atoms with Crippen LogP contribution in [0, 0.1) is 0 Å². The number of fused-ring (bicyclic) bond motifs is 6. The van der Waals surface area contributed by atoms with Gasteiger partial charge in [0.05, 0.1) is 25.3 Å². The minimum absolute atomic E-state index is 0.869. The maximum absolute atomic E-state index is 6.21. The lowest BCUT2D eigenvalue weighted by Crippen LogP contribution is -1.99. The van der Waals surface area contributed by atoms with E-state index in [2.05, 4.69) is 116 Å². The van der Waals surface area contributed by atoms with Crippen molar-refractivity contribution >= 4 is 75.5 Å². The molecule has 278 valence electrons. The predicted molar refractivity (Wildman–Crippen MR) is 232 cm³/mol. The molecule has 4 nitrogen and oxygen atoms in total. The van der Waals surface area contributed by atoms with Gasteiger partial charge in [-0.25, -0.2) is 0 Å². The maximum atomic E-state index is 6.21. The van der Waals surface area contributed by atoms with Gasteiger partial charge in [-0.05, 0) is 61.4 Å². The van der Waals surface area contributed by atoms with Gasteiger partial charge in [-0.2, -0.15) is 0 Å². The second-order valence-corrected chi connectivity index (χ2v) is 16.5. The Labute approximate surface area is 328 Å². The minimum atomic E-state index is 0.869. The third kappa shape index (κ3) is 8.70. The molecule has 0 N–H and O–H groups in total. The summed E-state index contributed by atoms with van der Waals surface area (Å²) < 4.78 is 19.6. The molecule has 0 saturated carbocycles. The van der Waals surface area contributed by atoms with Crippen LogP contribution in [0.15, 0.2) is 69.6 Å². The maximum Gasteiger partial charge on any atom is 0.128 e. The molecule has 2 aromatic heterocycles. The average Bonchev–Trinajstić information content (AvgIpc) is 3.62. The molecule has 0 spiro atoms. The lowest BCUT2D eigenvalue weighted by molar-refractivity contribution is 0.410. The highest BCUT2D eigenvalue weighted by Crippen LogP contribution is 2.45.